The molecule has 0 radical (unpaired) electrons. The summed E-state index contributed by atoms with van der Waals surface area (Å²) in [5, 5.41) is 17.8. The van der Waals surface area contributed by atoms with Gasteiger partial charge in [0.25, 0.3) is 0 Å². The normalized spacial score (nSPS) is 11.9. The number of amides is 1. The highest BCUT2D eigenvalue weighted by Crippen LogP contribution is 2.14. The van der Waals surface area contributed by atoms with E-state index in [0.717, 1.165) is 24.2 Å². The highest BCUT2D eigenvalue weighted by Gasteiger charge is 2.28. The van der Waals surface area contributed by atoms with Crippen molar-refractivity contribution >= 4 is 17.8 Å². The summed E-state index contributed by atoms with van der Waals surface area (Å²) in [7, 11) is 1.37. The Morgan fingerprint density at radius 3 is 1.52 bits per heavy atom. The van der Waals surface area contributed by atoms with Gasteiger partial charge in [0.05, 0.1) is 6.42 Å². The van der Waals surface area contributed by atoms with Gasteiger partial charge in [0.15, 0.2) is 0 Å². The van der Waals surface area contributed by atoms with Crippen molar-refractivity contribution in [1.82, 2.24) is 4.90 Å². The second-order valence-electron chi connectivity index (χ2n) is 7.45. The minimum atomic E-state index is -1.29. The van der Waals surface area contributed by atoms with Crippen molar-refractivity contribution in [1.29, 1.82) is 0 Å². The number of carbonyl (C=O) groups is 3. The van der Waals surface area contributed by atoms with E-state index in [1.54, 1.807) is 0 Å². The Morgan fingerprint density at radius 1 is 0.741 bits per heavy atom. The van der Waals surface area contributed by atoms with E-state index in [0.29, 0.717) is 0 Å². The monoisotopic (exact) mass is 385 g/mol. The molecule has 1 amide bonds. The van der Waals surface area contributed by atoms with Crippen LogP contribution in [0.5, 0.6) is 0 Å². The summed E-state index contributed by atoms with van der Waals surface area (Å²) in [6, 6.07) is -1.29. The van der Waals surface area contributed by atoms with Crippen LogP contribution in [0, 0.1) is 0 Å². The number of hydrogen-bond donors (Lipinski definition) is 2. The first kappa shape index (κ1) is 25.4. The Kier molecular flexibility index (Phi) is 15.6. The van der Waals surface area contributed by atoms with Gasteiger partial charge in [0, 0.05) is 13.5 Å². The van der Waals surface area contributed by atoms with E-state index in [4.69, 9.17) is 10.2 Å². The lowest BCUT2D eigenvalue weighted by atomic mass is 10.0. The van der Waals surface area contributed by atoms with Crippen LogP contribution in [0.25, 0.3) is 0 Å². The zero-order valence-electron chi connectivity index (χ0n) is 17.3. The highest BCUT2D eigenvalue weighted by atomic mass is 16.4. The fourth-order valence-electron chi connectivity index (χ4n) is 3.20. The van der Waals surface area contributed by atoms with Gasteiger partial charge in [-0.2, -0.15) is 0 Å². The van der Waals surface area contributed by atoms with Crippen LogP contribution in [0.2, 0.25) is 0 Å². The van der Waals surface area contributed by atoms with Crippen molar-refractivity contribution in [3.63, 3.8) is 0 Å². The number of carbonyl (C=O) groups excluding carboxylic acids is 1. The van der Waals surface area contributed by atoms with Crippen LogP contribution in [-0.2, 0) is 14.4 Å². The molecule has 0 spiro atoms. The maximum atomic E-state index is 12.0. The third-order valence-electron chi connectivity index (χ3n) is 5.01. The zero-order chi connectivity index (χ0) is 20.5. The standard InChI is InChI=1S/C21H39NO5/c1-3-4-5-6-7-8-9-10-11-12-13-14-15-16-19(23)22(2)18(21(26)27)17-20(24)25/h18H,3-17H2,1-2H3,(H,24,25)(H,26,27)/t18-/m0/s1. The van der Waals surface area contributed by atoms with Crippen LogP contribution in [0.3, 0.4) is 0 Å². The molecular weight excluding hydrogens is 346 g/mol. The first-order valence-corrected chi connectivity index (χ1v) is 10.6. The number of nitrogens with zero attached hydrogens (tertiary/aromatic N) is 1. The molecule has 1 atom stereocenters. The number of unbranched alkanes of at least 4 members (excludes halogenated alkanes) is 12. The van der Waals surface area contributed by atoms with E-state index in [1.807, 2.05) is 0 Å². The number of aliphatic carboxylic acids is 2. The average Bonchev–Trinajstić information content (AvgIpc) is 2.62. The van der Waals surface area contributed by atoms with Crippen molar-refractivity contribution in [2.75, 3.05) is 7.05 Å². The smallest absolute Gasteiger partial charge is 0.327 e. The highest BCUT2D eigenvalue weighted by molar-refractivity contribution is 5.86. The SMILES string of the molecule is CCCCCCCCCCCCCCCC(=O)N(C)[C@@H](CC(=O)O)C(=O)O. The number of likely N-dealkylation sites (N-methyl/N-ethyl adjacent to an activating group) is 1. The number of hydrogen-bond acceptors (Lipinski definition) is 3. The molecule has 6 heteroatoms. The molecule has 0 aromatic heterocycles. The molecule has 0 aliphatic heterocycles. The molecule has 0 heterocycles. The summed E-state index contributed by atoms with van der Waals surface area (Å²) in [5.74, 6) is -2.80. The van der Waals surface area contributed by atoms with Crippen LogP contribution < -0.4 is 0 Å². The maximum absolute atomic E-state index is 12.0. The second kappa shape index (κ2) is 16.6. The van der Waals surface area contributed by atoms with E-state index in [1.165, 1.54) is 71.3 Å². The van der Waals surface area contributed by atoms with E-state index in [2.05, 4.69) is 6.92 Å². The largest absolute Gasteiger partial charge is 0.481 e. The van der Waals surface area contributed by atoms with Crippen LogP contribution in [0.15, 0.2) is 0 Å². The van der Waals surface area contributed by atoms with Crippen LogP contribution in [-0.4, -0.2) is 46.0 Å². The first-order valence-electron chi connectivity index (χ1n) is 10.6. The molecule has 6 nitrogen and oxygen atoms in total. The Bertz CT molecular complexity index is 425. The van der Waals surface area contributed by atoms with Crippen molar-refractivity contribution in [2.24, 2.45) is 0 Å². The minimum absolute atomic E-state index is 0.275. The minimum Gasteiger partial charge on any atom is -0.481 e. The van der Waals surface area contributed by atoms with Gasteiger partial charge in [-0.3, -0.25) is 9.59 Å². The van der Waals surface area contributed by atoms with Crippen LogP contribution in [0.1, 0.15) is 103 Å². The second-order valence-corrected chi connectivity index (χ2v) is 7.45. The molecule has 0 aliphatic rings. The predicted octanol–water partition coefficient (Wildman–Crippen LogP) is 4.85. The lowest BCUT2D eigenvalue weighted by molar-refractivity contribution is -0.153. The Labute approximate surface area is 164 Å². The molecule has 0 aromatic carbocycles. The van der Waals surface area contributed by atoms with E-state index >= 15 is 0 Å². The average molecular weight is 386 g/mol. The molecule has 0 unspecified atom stereocenters. The fraction of sp³-hybridized carbons (Fsp3) is 0.857. The van der Waals surface area contributed by atoms with Gasteiger partial charge in [-0.05, 0) is 6.42 Å². The Hall–Kier alpha value is -1.59. The van der Waals surface area contributed by atoms with Crippen molar-refractivity contribution in [3.05, 3.63) is 0 Å². The third kappa shape index (κ3) is 14.2. The van der Waals surface area contributed by atoms with E-state index < -0.39 is 24.4 Å². The van der Waals surface area contributed by atoms with Gasteiger partial charge >= 0.3 is 11.9 Å². The van der Waals surface area contributed by atoms with Gasteiger partial charge in [-0.1, -0.05) is 84.0 Å². The summed E-state index contributed by atoms with van der Waals surface area (Å²) in [6.07, 6.45) is 15.6. The van der Waals surface area contributed by atoms with Crippen molar-refractivity contribution in [2.45, 2.75) is 109 Å². The molecule has 0 rings (SSSR count). The molecule has 0 saturated heterocycles. The topological polar surface area (TPSA) is 94.9 Å². The van der Waals surface area contributed by atoms with E-state index in [-0.39, 0.29) is 12.3 Å². The number of carboxylic acid groups (broad SMARTS) is 2. The lowest BCUT2D eigenvalue weighted by Gasteiger charge is -2.23. The van der Waals surface area contributed by atoms with Gasteiger partial charge in [-0.15, -0.1) is 0 Å². The Balaban J connectivity index is 3.64. The molecule has 2 N–H and O–H groups in total. The van der Waals surface area contributed by atoms with Crippen molar-refractivity contribution in [3.8, 4) is 0 Å². The third-order valence-corrected chi connectivity index (χ3v) is 5.01. The predicted molar refractivity (Wildman–Crippen MR) is 107 cm³/mol. The maximum Gasteiger partial charge on any atom is 0.327 e. The molecular formula is C21H39NO5. The van der Waals surface area contributed by atoms with Gasteiger partial charge < -0.3 is 15.1 Å². The molecule has 0 aromatic rings. The molecule has 27 heavy (non-hydrogen) atoms. The molecule has 158 valence electrons. The van der Waals surface area contributed by atoms with Crippen molar-refractivity contribution < 1.29 is 24.6 Å². The van der Waals surface area contributed by atoms with Gasteiger partial charge in [0.1, 0.15) is 6.04 Å². The van der Waals surface area contributed by atoms with Crippen LogP contribution >= 0.6 is 0 Å². The van der Waals surface area contributed by atoms with Gasteiger partial charge in [-0.25, -0.2) is 4.79 Å². The summed E-state index contributed by atoms with van der Waals surface area (Å²) in [4.78, 5) is 34.9. The van der Waals surface area contributed by atoms with E-state index in [9.17, 15) is 14.4 Å². The van der Waals surface area contributed by atoms with Gasteiger partial charge in [0.2, 0.25) is 5.91 Å². The first-order chi connectivity index (χ1) is 12.9. The summed E-state index contributed by atoms with van der Waals surface area (Å²) < 4.78 is 0. The fourth-order valence-corrected chi connectivity index (χ4v) is 3.20. The zero-order valence-corrected chi connectivity index (χ0v) is 17.3. The lowest BCUT2D eigenvalue weighted by Crippen LogP contribution is -2.43. The Morgan fingerprint density at radius 2 is 1.15 bits per heavy atom. The quantitative estimate of drug-likeness (QED) is 0.329. The molecule has 0 saturated carbocycles. The molecule has 0 bridgehead atoms. The molecule has 0 fully saturated rings. The summed E-state index contributed by atoms with van der Waals surface area (Å²) in [5.41, 5.74) is 0. The molecule has 0 aliphatic carbocycles. The summed E-state index contributed by atoms with van der Waals surface area (Å²) in [6.45, 7) is 2.24. The summed E-state index contributed by atoms with van der Waals surface area (Å²) >= 11 is 0. The van der Waals surface area contributed by atoms with Crippen LogP contribution in [0.4, 0.5) is 0 Å². The number of rotatable bonds is 18. The number of carboxylic acids is 2.